The minimum Gasteiger partial charge on any atom is -0.334 e. The van der Waals surface area contributed by atoms with Crippen molar-refractivity contribution in [2.24, 2.45) is 0 Å². The molecule has 5 heteroatoms. The lowest BCUT2D eigenvalue weighted by Gasteiger charge is -2.24. The van der Waals surface area contributed by atoms with Crippen molar-refractivity contribution in [3.63, 3.8) is 0 Å². The number of carbonyl (C=O) groups is 1. The highest BCUT2D eigenvalue weighted by Gasteiger charge is 2.21. The highest BCUT2D eigenvalue weighted by atomic mass is 35.5. The predicted octanol–water partition coefficient (Wildman–Crippen LogP) is 3.94. The fourth-order valence-corrected chi connectivity index (χ4v) is 2.88. The van der Waals surface area contributed by atoms with Gasteiger partial charge in [-0.3, -0.25) is 9.78 Å². The second kappa shape index (κ2) is 5.72. The zero-order chi connectivity index (χ0) is 14.0. The van der Waals surface area contributed by atoms with E-state index in [-0.39, 0.29) is 11.9 Å². The van der Waals surface area contributed by atoms with Gasteiger partial charge in [-0.2, -0.15) is 0 Å². The van der Waals surface area contributed by atoms with Crippen molar-refractivity contribution in [2.45, 2.75) is 19.9 Å². The summed E-state index contributed by atoms with van der Waals surface area (Å²) in [4.78, 5) is 19.4. The Labute approximate surface area is 121 Å². The van der Waals surface area contributed by atoms with Crippen LogP contribution in [0.4, 0.5) is 0 Å². The molecule has 1 amide bonds. The quantitative estimate of drug-likeness (QED) is 0.859. The Morgan fingerprint density at radius 1 is 1.53 bits per heavy atom. The number of thiophene rings is 1. The standard InChI is InChI=1S/C14H15ClN2OS/c1-9-7-12(15)11(8-16-9)14(18)17(3)10(2)13-5-4-6-19-13/h4-8,10H,1-3H3. The van der Waals surface area contributed by atoms with Gasteiger partial charge < -0.3 is 4.90 Å². The highest BCUT2D eigenvalue weighted by molar-refractivity contribution is 7.10. The summed E-state index contributed by atoms with van der Waals surface area (Å²) in [5.74, 6) is -0.113. The monoisotopic (exact) mass is 294 g/mol. The largest absolute Gasteiger partial charge is 0.334 e. The van der Waals surface area contributed by atoms with Crippen LogP contribution in [0.3, 0.4) is 0 Å². The van der Waals surface area contributed by atoms with E-state index in [9.17, 15) is 4.79 Å². The van der Waals surface area contributed by atoms with E-state index in [0.717, 1.165) is 10.6 Å². The number of carbonyl (C=O) groups excluding carboxylic acids is 1. The number of hydrogen-bond acceptors (Lipinski definition) is 3. The molecule has 100 valence electrons. The van der Waals surface area contributed by atoms with Crippen molar-refractivity contribution < 1.29 is 4.79 Å². The van der Waals surface area contributed by atoms with Crippen LogP contribution in [0.2, 0.25) is 5.02 Å². The van der Waals surface area contributed by atoms with Crippen LogP contribution in [0.25, 0.3) is 0 Å². The lowest BCUT2D eigenvalue weighted by molar-refractivity contribution is 0.0744. The van der Waals surface area contributed by atoms with Crippen LogP contribution in [-0.4, -0.2) is 22.8 Å². The molecule has 0 bridgehead atoms. The molecular weight excluding hydrogens is 280 g/mol. The van der Waals surface area contributed by atoms with E-state index in [1.807, 2.05) is 31.4 Å². The molecule has 1 unspecified atom stereocenters. The number of pyridine rings is 1. The minimum atomic E-state index is -0.113. The van der Waals surface area contributed by atoms with Crippen molar-refractivity contribution in [2.75, 3.05) is 7.05 Å². The lowest BCUT2D eigenvalue weighted by atomic mass is 10.2. The molecule has 0 aliphatic heterocycles. The summed E-state index contributed by atoms with van der Waals surface area (Å²) in [6.45, 7) is 3.84. The molecule has 0 saturated carbocycles. The van der Waals surface area contributed by atoms with Gasteiger partial charge in [0.1, 0.15) is 0 Å². The van der Waals surface area contributed by atoms with Gasteiger partial charge in [0.05, 0.1) is 16.6 Å². The van der Waals surface area contributed by atoms with Crippen LogP contribution in [0, 0.1) is 6.92 Å². The number of hydrogen-bond donors (Lipinski definition) is 0. The van der Waals surface area contributed by atoms with E-state index in [1.54, 1.807) is 29.4 Å². The normalized spacial score (nSPS) is 12.2. The van der Waals surface area contributed by atoms with Crippen LogP contribution < -0.4 is 0 Å². The summed E-state index contributed by atoms with van der Waals surface area (Å²) in [6.07, 6.45) is 1.54. The van der Waals surface area contributed by atoms with Crippen molar-refractivity contribution in [3.8, 4) is 0 Å². The fourth-order valence-electron chi connectivity index (χ4n) is 1.77. The molecule has 1 atom stereocenters. The van der Waals surface area contributed by atoms with E-state index < -0.39 is 0 Å². The van der Waals surface area contributed by atoms with Crippen LogP contribution in [0.15, 0.2) is 29.8 Å². The number of amides is 1. The van der Waals surface area contributed by atoms with Crippen molar-refractivity contribution in [1.82, 2.24) is 9.88 Å². The van der Waals surface area contributed by atoms with Crippen LogP contribution >= 0.6 is 22.9 Å². The summed E-state index contributed by atoms with van der Waals surface area (Å²) < 4.78 is 0. The van der Waals surface area contributed by atoms with Crippen molar-refractivity contribution in [1.29, 1.82) is 0 Å². The molecule has 3 nitrogen and oxygen atoms in total. The molecule has 0 aliphatic carbocycles. The number of rotatable bonds is 3. The second-order valence-electron chi connectivity index (χ2n) is 4.41. The van der Waals surface area contributed by atoms with Gasteiger partial charge in [-0.25, -0.2) is 0 Å². The van der Waals surface area contributed by atoms with Gasteiger partial charge in [0.2, 0.25) is 0 Å². The molecule has 2 heterocycles. The average molecular weight is 295 g/mol. The summed E-state index contributed by atoms with van der Waals surface area (Å²) in [6, 6.07) is 5.73. The van der Waals surface area contributed by atoms with E-state index >= 15 is 0 Å². The third-order valence-corrected chi connectivity index (χ3v) is 4.43. The Hall–Kier alpha value is -1.39. The van der Waals surface area contributed by atoms with Crippen LogP contribution in [0.1, 0.15) is 33.9 Å². The van der Waals surface area contributed by atoms with E-state index in [0.29, 0.717) is 10.6 Å². The summed E-state index contributed by atoms with van der Waals surface area (Å²) in [7, 11) is 1.78. The molecule has 0 radical (unpaired) electrons. The minimum absolute atomic E-state index is 0.0184. The fraction of sp³-hybridized carbons (Fsp3) is 0.286. The third-order valence-electron chi connectivity index (χ3n) is 3.08. The van der Waals surface area contributed by atoms with Gasteiger partial charge in [-0.15, -0.1) is 11.3 Å². The van der Waals surface area contributed by atoms with Crippen LogP contribution in [0.5, 0.6) is 0 Å². The van der Waals surface area contributed by atoms with Crippen LogP contribution in [-0.2, 0) is 0 Å². The van der Waals surface area contributed by atoms with Gasteiger partial charge in [-0.1, -0.05) is 17.7 Å². The van der Waals surface area contributed by atoms with Gasteiger partial charge in [0, 0.05) is 23.8 Å². The maximum absolute atomic E-state index is 12.4. The summed E-state index contributed by atoms with van der Waals surface area (Å²) >= 11 is 7.75. The van der Waals surface area contributed by atoms with Gasteiger partial charge in [0.15, 0.2) is 0 Å². The first-order valence-electron chi connectivity index (χ1n) is 5.93. The Morgan fingerprint density at radius 2 is 2.26 bits per heavy atom. The van der Waals surface area contributed by atoms with E-state index in [4.69, 9.17) is 11.6 Å². The Morgan fingerprint density at radius 3 is 2.84 bits per heavy atom. The number of aromatic nitrogens is 1. The molecule has 0 aliphatic rings. The average Bonchev–Trinajstić information content (AvgIpc) is 2.90. The number of aryl methyl sites for hydroxylation is 1. The van der Waals surface area contributed by atoms with E-state index in [2.05, 4.69) is 4.98 Å². The SMILES string of the molecule is Cc1cc(Cl)c(C(=O)N(C)C(C)c2cccs2)cn1. The third kappa shape index (κ3) is 2.96. The number of nitrogens with zero attached hydrogens (tertiary/aromatic N) is 2. The zero-order valence-electron chi connectivity index (χ0n) is 11.1. The molecule has 19 heavy (non-hydrogen) atoms. The van der Waals surface area contributed by atoms with Crippen molar-refractivity contribution >= 4 is 28.8 Å². The smallest absolute Gasteiger partial charge is 0.257 e. The van der Waals surface area contributed by atoms with Gasteiger partial charge in [0.25, 0.3) is 5.91 Å². The Kier molecular flexibility index (Phi) is 4.22. The summed E-state index contributed by atoms with van der Waals surface area (Å²) in [5.41, 5.74) is 1.24. The maximum Gasteiger partial charge on any atom is 0.257 e. The molecule has 0 saturated heterocycles. The topological polar surface area (TPSA) is 33.2 Å². The summed E-state index contributed by atoms with van der Waals surface area (Å²) in [5, 5.41) is 2.45. The molecular formula is C14H15ClN2OS. The molecule has 2 aromatic heterocycles. The molecule has 0 N–H and O–H groups in total. The first-order valence-corrected chi connectivity index (χ1v) is 7.19. The molecule has 0 fully saturated rings. The Bertz CT molecular complexity index is 583. The van der Waals surface area contributed by atoms with Gasteiger partial charge in [-0.05, 0) is 31.4 Å². The molecule has 2 aromatic rings. The first kappa shape index (κ1) is 14.0. The zero-order valence-corrected chi connectivity index (χ0v) is 12.6. The van der Waals surface area contributed by atoms with Crippen molar-refractivity contribution in [3.05, 3.63) is 50.9 Å². The molecule has 0 aromatic carbocycles. The van der Waals surface area contributed by atoms with Gasteiger partial charge >= 0.3 is 0 Å². The predicted molar refractivity (Wildman–Crippen MR) is 78.8 cm³/mol. The first-order chi connectivity index (χ1) is 9.00. The number of halogens is 1. The maximum atomic E-state index is 12.4. The second-order valence-corrected chi connectivity index (χ2v) is 5.80. The highest BCUT2D eigenvalue weighted by Crippen LogP contribution is 2.26. The molecule has 0 spiro atoms. The van der Waals surface area contributed by atoms with E-state index in [1.165, 1.54) is 6.20 Å². The lowest BCUT2D eigenvalue weighted by Crippen LogP contribution is -2.29. The molecule has 2 rings (SSSR count). The Balaban J connectivity index is 2.24.